The van der Waals surface area contributed by atoms with Crippen LogP contribution in [0.4, 0.5) is 0 Å². The van der Waals surface area contributed by atoms with E-state index < -0.39 is 0 Å². The third-order valence-corrected chi connectivity index (χ3v) is 3.56. The maximum atomic E-state index is 12.1. The van der Waals surface area contributed by atoms with Crippen LogP contribution in [0.1, 0.15) is 16.8 Å². The molecule has 1 aliphatic heterocycles. The summed E-state index contributed by atoms with van der Waals surface area (Å²) in [5, 5.41) is 0. The second kappa shape index (κ2) is 4.49. The Morgan fingerprint density at radius 3 is 2.80 bits per heavy atom. The molecule has 0 aliphatic carbocycles. The summed E-state index contributed by atoms with van der Waals surface area (Å²) in [7, 11) is 0. The number of halogens is 1. The molecule has 2 rings (SSSR count). The molecule has 0 bridgehead atoms. The monoisotopic (exact) mass is 316 g/mol. The van der Waals surface area contributed by atoms with E-state index in [2.05, 4.69) is 22.6 Å². The van der Waals surface area contributed by atoms with Crippen LogP contribution in [0.15, 0.2) is 24.3 Å². The van der Waals surface area contributed by atoms with E-state index >= 15 is 0 Å². The molecule has 0 aromatic heterocycles. The standard InChI is InChI=1S/C11H13IN2O/c12-10-4-2-1-3-9(10)11(15)14-6-5-8(13)7-14/h1-4,8H,5-7,13H2. The van der Waals surface area contributed by atoms with Crippen LogP contribution in [0.5, 0.6) is 0 Å². The van der Waals surface area contributed by atoms with Crippen molar-refractivity contribution >= 4 is 28.5 Å². The van der Waals surface area contributed by atoms with E-state index in [9.17, 15) is 4.79 Å². The summed E-state index contributed by atoms with van der Waals surface area (Å²) < 4.78 is 1.00. The van der Waals surface area contributed by atoms with Gasteiger partial charge in [-0.15, -0.1) is 0 Å². The zero-order valence-corrected chi connectivity index (χ0v) is 10.5. The lowest BCUT2D eigenvalue weighted by atomic mass is 10.2. The molecule has 1 atom stereocenters. The second-order valence-electron chi connectivity index (χ2n) is 3.78. The van der Waals surface area contributed by atoms with E-state index in [0.29, 0.717) is 6.54 Å². The molecule has 1 aliphatic rings. The third kappa shape index (κ3) is 2.31. The zero-order chi connectivity index (χ0) is 10.8. The first kappa shape index (κ1) is 10.9. The van der Waals surface area contributed by atoms with E-state index in [1.165, 1.54) is 0 Å². The van der Waals surface area contributed by atoms with Crippen molar-refractivity contribution in [2.24, 2.45) is 5.73 Å². The molecule has 1 aromatic carbocycles. The van der Waals surface area contributed by atoms with E-state index in [-0.39, 0.29) is 11.9 Å². The number of hydrogen-bond acceptors (Lipinski definition) is 2. The summed E-state index contributed by atoms with van der Waals surface area (Å²) in [6, 6.07) is 7.80. The lowest BCUT2D eigenvalue weighted by Crippen LogP contribution is -2.32. The lowest BCUT2D eigenvalue weighted by molar-refractivity contribution is 0.0790. The van der Waals surface area contributed by atoms with E-state index in [4.69, 9.17) is 5.73 Å². The van der Waals surface area contributed by atoms with Gasteiger partial charge in [-0.05, 0) is 41.1 Å². The summed E-state index contributed by atoms with van der Waals surface area (Å²) in [4.78, 5) is 13.9. The van der Waals surface area contributed by atoms with Crippen LogP contribution in [0.2, 0.25) is 0 Å². The lowest BCUT2D eigenvalue weighted by Gasteiger charge is -2.16. The van der Waals surface area contributed by atoms with Gasteiger partial charge < -0.3 is 10.6 Å². The first-order valence-corrected chi connectivity index (χ1v) is 6.06. The SMILES string of the molecule is NC1CCN(C(=O)c2ccccc2I)C1. The quantitative estimate of drug-likeness (QED) is 0.798. The summed E-state index contributed by atoms with van der Waals surface area (Å²) in [5.41, 5.74) is 6.57. The normalized spacial score (nSPS) is 20.7. The Kier molecular flexibility index (Phi) is 3.25. The van der Waals surface area contributed by atoms with Crippen LogP contribution in [0.25, 0.3) is 0 Å². The number of nitrogens with two attached hydrogens (primary N) is 1. The fourth-order valence-corrected chi connectivity index (χ4v) is 2.39. The number of carbonyl (C=O) groups excluding carboxylic acids is 1. The second-order valence-corrected chi connectivity index (χ2v) is 4.94. The van der Waals surface area contributed by atoms with Gasteiger partial charge in [-0.2, -0.15) is 0 Å². The van der Waals surface area contributed by atoms with Gasteiger partial charge >= 0.3 is 0 Å². The van der Waals surface area contributed by atoms with Crippen LogP contribution >= 0.6 is 22.6 Å². The summed E-state index contributed by atoms with van der Waals surface area (Å²) in [6.45, 7) is 1.47. The molecule has 0 saturated carbocycles. The van der Waals surface area contributed by atoms with Gasteiger partial charge in [-0.25, -0.2) is 0 Å². The molecule has 0 spiro atoms. The molecule has 4 heteroatoms. The highest BCUT2D eigenvalue weighted by Gasteiger charge is 2.25. The molecular formula is C11H13IN2O. The number of hydrogen-bond donors (Lipinski definition) is 1. The zero-order valence-electron chi connectivity index (χ0n) is 8.32. The molecule has 1 heterocycles. The number of benzene rings is 1. The fraction of sp³-hybridized carbons (Fsp3) is 0.364. The number of rotatable bonds is 1. The minimum absolute atomic E-state index is 0.105. The van der Waals surface area contributed by atoms with Gasteiger partial charge in [0.25, 0.3) is 5.91 Å². The molecule has 1 unspecified atom stereocenters. The molecule has 1 saturated heterocycles. The Balaban J connectivity index is 2.18. The topological polar surface area (TPSA) is 46.3 Å². The predicted molar refractivity (Wildman–Crippen MR) is 67.7 cm³/mol. The van der Waals surface area contributed by atoms with Crippen molar-refractivity contribution in [1.29, 1.82) is 0 Å². The Labute approximate surface area is 103 Å². The third-order valence-electron chi connectivity index (χ3n) is 2.62. The van der Waals surface area contributed by atoms with Gasteiger partial charge in [0.05, 0.1) is 5.56 Å². The first-order chi connectivity index (χ1) is 7.18. The Bertz CT molecular complexity index is 381. The van der Waals surface area contributed by atoms with Crippen LogP contribution in [0, 0.1) is 3.57 Å². The molecular weight excluding hydrogens is 303 g/mol. The largest absolute Gasteiger partial charge is 0.337 e. The van der Waals surface area contributed by atoms with Gasteiger partial charge in [-0.3, -0.25) is 4.79 Å². The van der Waals surface area contributed by atoms with Crippen molar-refractivity contribution in [3.63, 3.8) is 0 Å². The number of nitrogens with zero attached hydrogens (tertiary/aromatic N) is 1. The van der Waals surface area contributed by atoms with Gasteiger partial charge in [0.2, 0.25) is 0 Å². The van der Waals surface area contributed by atoms with Crippen molar-refractivity contribution < 1.29 is 4.79 Å². The van der Waals surface area contributed by atoms with Crippen LogP contribution in [-0.4, -0.2) is 29.9 Å². The van der Waals surface area contributed by atoms with Crippen molar-refractivity contribution in [2.75, 3.05) is 13.1 Å². The first-order valence-electron chi connectivity index (χ1n) is 4.98. The molecule has 2 N–H and O–H groups in total. The van der Waals surface area contributed by atoms with Crippen molar-refractivity contribution in [1.82, 2.24) is 4.90 Å². The fourth-order valence-electron chi connectivity index (χ4n) is 1.78. The average Bonchev–Trinajstić information content (AvgIpc) is 2.65. The van der Waals surface area contributed by atoms with Gasteiger partial charge in [0.15, 0.2) is 0 Å². The number of carbonyl (C=O) groups is 1. The van der Waals surface area contributed by atoms with Crippen LogP contribution in [0.3, 0.4) is 0 Å². The Morgan fingerprint density at radius 1 is 1.47 bits per heavy atom. The summed E-state index contributed by atoms with van der Waals surface area (Å²) in [6.07, 6.45) is 0.912. The molecule has 1 amide bonds. The molecule has 1 aromatic rings. The molecule has 0 radical (unpaired) electrons. The molecule has 3 nitrogen and oxygen atoms in total. The van der Waals surface area contributed by atoms with E-state index in [1.54, 1.807) is 0 Å². The highest BCUT2D eigenvalue weighted by molar-refractivity contribution is 14.1. The van der Waals surface area contributed by atoms with Crippen molar-refractivity contribution in [2.45, 2.75) is 12.5 Å². The molecule has 15 heavy (non-hydrogen) atoms. The van der Waals surface area contributed by atoms with E-state index in [0.717, 1.165) is 22.1 Å². The van der Waals surface area contributed by atoms with Crippen molar-refractivity contribution in [3.8, 4) is 0 Å². The minimum atomic E-state index is 0.105. The minimum Gasteiger partial charge on any atom is -0.337 e. The Hall–Kier alpha value is -0.620. The van der Waals surface area contributed by atoms with Crippen LogP contribution < -0.4 is 5.73 Å². The Morgan fingerprint density at radius 2 is 2.20 bits per heavy atom. The van der Waals surface area contributed by atoms with Gasteiger partial charge in [-0.1, -0.05) is 12.1 Å². The summed E-state index contributed by atoms with van der Waals surface area (Å²) >= 11 is 2.19. The molecule has 80 valence electrons. The maximum Gasteiger partial charge on any atom is 0.254 e. The highest BCUT2D eigenvalue weighted by atomic mass is 127. The maximum absolute atomic E-state index is 12.1. The highest BCUT2D eigenvalue weighted by Crippen LogP contribution is 2.17. The van der Waals surface area contributed by atoms with Crippen LogP contribution in [-0.2, 0) is 0 Å². The number of amides is 1. The summed E-state index contributed by atoms with van der Waals surface area (Å²) in [5.74, 6) is 0.105. The number of likely N-dealkylation sites (tertiary alicyclic amines) is 1. The average molecular weight is 316 g/mol. The molecule has 1 fully saturated rings. The van der Waals surface area contributed by atoms with Gasteiger partial charge in [0, 0.05) is 22.7 Å². The van der Waals surface area contributed by atoms with E-state index in [1.807, 2.05) is 29.2 Å². The predicted octanol–water partition coefficient (Wildman–Crippen LogP) is 1.46. The van der Waals surface area contributed by atoms with Crippen molar-refractivity contribution in [3.05, 3.63) is 33.4 Å². The smallest absolute Gasteiger partial charge is 0.254 e. The van der Waals surface area contributed by atoms with Gasteiger partial charge in [0.1, 0.15) is 0 Å².